The summed E-state index contributed by atoms with van der Waals surface area (Å²) in [5, 5.41) is 4.74. The van der Waals surface area contributed by atoms with Crippen LogP contribution in [0.3, 0.4) is 0 Å². The minimum absolute atomic E-state index is 0.267. The molecule has 7 heteroatoms. The fourth-order valence-electron chi connectivity index (χ4n) is 1.61. The second-order valence-electron chi connectivity index (χ2n) is 3.96. The molecule has 6 nitrogen and oxygen atoms in total. The molecule has 3 aromatic rings. The van der Waals surface area contributed by atoms with Gasteiger partial charge < -0.3 is 4.74 Å². The van der Waals surface area contributed by atoms with Crippen molar-refractivity contribution in [2.45, 2.75) is 0 Å². The Morgan fingerprint density at radius 3 is 2.52 bits per heavy atom. The predicted octanol–water partition coefficient (Wildman–Crippen LogP) is 3.21. The first-order chi connectivity index (χ1) is 10.3. The van der Waals surface area contributed by atoms with E-state index in [1.54, 1.807) is 11.6 Å². The van der Waals surface area contributed by atoms with Gasteiger partial charge >= 0.3 is 6.09 Å². The zero-order valence-electron chi connectivity index (χ0n) is 10.8. The molecule has 0 aliphatic rings. The van der Waals surface area contributed by atoms with Gasteiger partial charge in [-0.2, -0.15) is 0 Å². The Bertz CT molecular complexity index is 714. The Balaban J connectivity index is 1.66. The molecule has 0 spiro atoms. The molecular weight excluding hydrogens is 288 g/mol. The first kappa shape index (κ1) is 13.2. The SMILES string of the molecule is O=C(Nc1nccs1)Oc1cnc(-c2ccccc2)nc1. The highest BCUT2D eigenvalue weighted by atomic mass is 32.1. The fourth-order valence-corrected chi connectivity index (χ4v) is 2.12. The molecule has 1 aromatic carbocycles. The maximum absolute atomic E-state index is 11.6. The van der Waals surface area contributed by atoms with E-state index in [-0.39, 0.29) is 5.75 Å². The normalized spacial score (nSPS) is 10.1. The van der Waals surface area contributed by atoms with Crippen LogP contribution in [0.5, 0.6) is 5.75 Å². The second-order valence-corrected chi connectivity index (χ2v) is 4.85. The zero-order valence-corrected chi connectivity index (χ0v) is 11.6. The third-order valence-electron chi connectivity index (χ3n) is 2.51. The number of carbonyl (C=O) groups is 1. The molecule has 104 valence electrons. The Morgan fingerprint density at radius 2 is 1.86 bits per heavy atom. The van der Waals surface area contributed by atoms with E-state index < -0.39 is 6.09 Å². The molecule has 1 N–H and O–H groups in total. The molecule has 0 unspecified atom stereocenters. The van der Waals surface area contributed by atoms with Crippen LogP contribution in [0.4, 0.5) is 9.93 Å². The summed E-state index contributed by atoms with van der Waals surface area (Å²) < 4.78 is 5.07. The second kappa shape index (κ2) is 6.10. The average molecular weight is 298 g/mol. The maximum atomic E-state index is 11.6. The van der Waals surface area contributed by atoms with Crippen LogP contribution in [0.25, 0.3) is 11.4 Å². The van der Waals surface area contributed by atoms with E-state index in [9.17, 15) is 4.79 Å². The van der Waals surface area contributed by atoms with Crippen LogP contribution in [0.1, 0.15) is 0 Å². The van der Waals surface area contributed by atoms with E-state index in [0.717, 1.165) is 5.56 Å². The van der Waals surface area contributed by atoms with E-state index in [2.05, 4.69) is 20.3 Å². The minimum Gasteiger partial charge on any atom is -0.407 e. The molecule has 0 bridgehead atoms. The lowest BCUT2D eigenvalue weighted by atomic mass is 10.2. The number of carbonyl (C=O) groups excluding carboxylic acids is 1. The van der Waals surface area contributed by atoms with Gasteiger partial charge in [0.15, 0.2) is 16.7 Å². The van der Waals surface area contributed by atoms with Crippen molar-refractivity contribution >= 4 is 22.6 Å². The van der Waals surface area contributed by atoms with Gasteiger partial charge in [-0.25, -0.2) is 19.7 Å². The van der Waals surface area contributed by atoms with E-state index >= 15 is 0 Å². The van der Waals surface area contributed by atoms with Crippen LogP contribution in [0.2, 0.25) is 0 Å². The number of thiazole rings is 1. The topological polar surface area (TPSA) is 77.0 Å². The standard InChI is InChI=1S/C14H10N4O2S/c19-14(18-13-15-6-7-21-13)20-11-8-16-12(17-9-11)10-4-2-1-3-5-10/h1-9H,(H,15,18,19). The molecule has 1 amide bonds. The fraction of sp³-hybridized carbons (Fsp3) is 0. The number of nitrogens with one attached hydrogen (secondary N) is 1. The van der Waals surface area contributed by atoms with Crippen LogP contribution in [0.15, 0.2) is 54.3 Å². The highest BCUT2D eigenvalue weighted by Crippen LogP contribution is 2.16. The largest absolute Gasteiger partial charge is 0.419 e. The number of anilines is 1. The van der Waals surface area contributed by atoms with Gasteiger partial charge in [-0.1, -0.05) is 30.3 Å². The predicted molar refractivity (Wildman–Crippen MR) is 79.2 cm³/mol. The number of hydrogen-bond donors (Lipinski definition) is 1. The lowest BCUT2D eigenvalue weighted by Crippen LogP contribution is -2.16. The molecule has 0 saturated carbocycles. The summed E-state index contributed by atoms with van der Waals surface area (Å²) in [5.41, 5.74) is 0.899. The van der Waals surface area contributed by atoms with Crippen molar-refractivity contribution < 1.29 is 9.53 Å². The van der Waals surface area contributed by atoms with E-state index in [4.69, 9.17) is 4.74 Å². The molecule has 2 heterocycles. The molecule has 0 saturated heterocycles. The van der Waals surface area contributed by atoms with E-state index in [1.165, 1.54) is 23.7 Å². The van der Waals surface area contributed by atoms with Crippen LogP contribution in [-0.4, -0.2) is 21.0 Å². The lowest BCUT2D eigenvalue weighted by molar-refractivity contribution is 0.215. The van der Waals surface area contributed by atoms with Gasteiger partial charge in [0.25, 0.3) is 0 Å². The summed E-state index contributed by atoms with van der Waals surface area (Å²) in [6.45, 7) is 0. The summed E-state index contributed by atoms with van der Waals surface area (Å²) in [7, 11) is 0. The quantitative estimate of drug-likeness (QED) is 0.803. The number of nitrogens with zero attached hydrogens (tertiary/aromatic N) is 3. The Labute approximate surface area is 124 Å². The van der Waals surface area contributed by atoms with Gasteiger partial charge in [0.1, 0.15) is 0 Å². The summed E-state index contributed by atoms with van der Waals surface area (Å²) in [6.07, 6.45) is 3.88. The van der Waals surface area contributed by atoms with Gasteiger partial charge in [-0.3, -0.25) is 5.32 Å². The highest BCUT2D eigenvalue weighted by molar-refractivity contribution is 7.13. The monoisotopic (exact) mass is 298 g/mol. The Morgan fingerprint density at radius 1 is 1.10 bits per heavy atom. The first-order valence-electron chi connectivity index (χ1n) is 6.07. The van der Waals surface area contributed by atoms with Gasteiger partial charge in [-0.15, -0.1) is 11.3 Å². The van der Waals surface area contributed by atoms with Crippen molar-refractivity contribution in [1.82, 2.24) is 15.0 Å². The maximum Gasteiger partial charge on any atom is 0.419 e. The Kier molecular flexibility index (Phi) is 3.83. The molecule has 0 radical (unpaired) electrons. The summed E-state index contributed by atoms with van der Waals surface area (Å²) in [6, 6.07) is 9.55. The van der Waals surface area contributed by atoms with E-state index in [0.29, 0.717) is 11.0 Å². The van der Waals surface area contributed by atoms with E-state index in [1.807, 2.05) is 30.3 Å². The zero-order chi connectivity index (χ0) is 14.5. The summed E-state index contributed by atoms with van der Waals surface area (Å²) in [4.78, 5) is 23.9. The van der Waals surface area contributed by atoms with Crippen LogP contribution >= 0.6 is 11.3 Å². The molecule has 0 aliphatic carbocycles. The molecule has 3 rings (SSSR count). The van der Waals surface area contributed by atoms with Gasteiger partial charge in [0.2, 0.25) is 0 Å². The van der Waals surface area contributed by atoms with Crippen molar-refractivity contribution in [3.63, 3.8) is 0 Å². The molecule has 0 aliphatic heterocycles. The number of aromatic nitrogens is 3. The van der Waals surface area contributed by atoms with Crippen molar-refractivity contribution in [3.05, 3.63) is 54.3 Å². The van der Waals surface area contributed by atoms with Gasteiger partial charge in [0, 0.05) is 17.1 Å². The number of rotatable bonds is 3. The Hall–Kier alpha value is -2.80. The summed E-state index contributed by atoms with van der Waals surface area (Å²) >= 11 is 1.31. The third kappa shape index (κ3) is 3.40. The average Bonchev–Trinajstić information content (AvgIpc) is 3.02. The molecular formula is C14H10N4O2S. The number of ether oxygens (including phenoxy) is 1. The highest BCUT2D eigenvalue weighted by Gasteiger charge is 2.08. The smallest absolute Gasteiger partial charge is 0.407 e. The van der Waals surface area contributed by atoms with Gasteiger partial charge in [0.05, 0.1) is 12.4 Å². The molecule has 0 atom stereocenters. The molecule has 21 heavy (non-hydrogen) atoms. The number of amides is 1. The number of benzene rings is 1. The van der Waals surface area contributed by atoms with Crippen molar-refractivity contribution in [1.29, 1.82) is 0 Å². The molecule has 2 aromatic heterocycles. The third-order valence-corrected chi connectivity index (χ3v) is 3.20. The van der Waals surface area contributed by atoms with Crippen molar-refractivity contribution in [2.75, 3.05) is 5.32 Å². The summed E-state index contributed by atoms with van der Waals surface area (Å²) in [5.74, 6) is 0.840. The lowest BCUT2D eigenvalue weighted by Gasteiger charge is -2.04. The van der Waals surface area contributed by atoms with Gasteiger partial charge in [-0.05, 0) is 0 Å². The number of hydrogen-bond acceptors (Lipinski definition) is 6. The van der Waals surface area contributed by atoms with Crippen LogP contribution in [0, 0.1) is 0 Å². The van der Waals surface area contributed by atoms with Crippen LogP contribution < -0.4 is 10.1 Å². The minimum atomic E-state index is -0.624. The van der Waals surface area contributed by atoms with Crippen LogP contribution in [-0.2, 0) is 0 Å². The van der Waals surface area contributed by atoms with Crippen molar-refractivity contribution in [2.24, 2.45) is 0 Å². The molecule has 0 fully saturated rings. The van der Waals surface area contributed by atoms with Crippen molar-refractivity contribution in [3.8, 4) is 17.1 Å². The first-order valence-corrected chi connectivity index (χ1v) is 6.95.